The van der Waals surface area contributed by atoms with E-state index in [4.69, 9.17) is 0 Å². The van der Waals surface area contributed by atoms with Crippen molar-refractivity contribution in [2.24, 2.45) is 5.92 Å². The monoisotopic (exact) mass is 349 g/mol. The van der Waals surface area contributed by atoms with Gasteiger partial charge < -0.3 is 15.5 Å². The Morgan fingerprint density at radius 3 is 2.77 bits per heavy atom. The maximum absolute atomic E-state index is 12.2. The molecular formula is C15H28ClN3O2S. The zero-order valence-electron chi connectivity index (χ0n) is 13.5. The molecule has 0 aromatic carbocycles. The smallest absolute Gasteiger partial charge is 0.237 e. The van der Waals surface area contributed by atoms with Crippen molar-refractivity contribution in [3.63, 3.8) is 0 Å². The molecule has 5 nitrogen and oxygen atoms in total. The van der Waals surface area contributed by atoms with Gasteiger partial charge in [-0.05, 0) is 51.3 Å². The molecule has 7 heteroatoms. The molecular weight excluding hydrogens is 322 g/mol. The van der Waals surface area contributed by atoms with E-state index in [2.05, 4.69) is 10.6 Å². The third-order valence-electron chi connectivity index (χ3n) is 4.47. The van der Waals surface area contributed by atoms with Crippen LogP contribution in [0.15, 0.2) is 0 Å². The summed E-state index contributed by atoms with van der Waals surface area (Å²) in [6.07, 6.45) is 6.12. The summed E-state index contributed by atoms with van der Waals surface area (Å²) in [6.45, 7) is 5.23. The number of hydrogen-bond acceptors (Lipinski definition) is 4. The third kappa shape index (κ3) is 5.32. The average Bonchev–Trinajstić information content (AvgIpc) is 3.05. The molecule has 0 bridgehead atoms. The third-order valence-corrected chi connectivity index (χ3v) is 5.38. The van der Waals surface area contributed by atoms with E-state index in [0.29, 0.717) is 12.5 Å². The van der Waals surface area contributed by atoms with Crippen LogP contribution in [0.2, 0.25) is 0 Å². The molecule has 2 heterocycles. The Kier molecular flexibility index (Phi) is 8.57. The Morgan fingerprint density at radius 1 is 1.36 bits per heavy atom. The summed E-state index contributed by atoms with van der Waals surface area (Å²) in [5.74, 6) is 0.742. The number of carbonyl (C=O) groups excluding carboxylic acids is 2. The summed E-state index contributed by atoms with van der Waals surface area (Å²) in [7, 11) is 0. The van der Waals surface area contributed by atoms with Gasteiger partial charge >= 0.3 is 0 Å². The molecule has 0 aliphatic carbocycles. The second kappa shape index (κ2) is 9.63. The first-order valence-electron chi connectivity index (χ1n) is 7.94. The van der Waals surface area contributed by atoms with Crippen LogP contribution in [0.25, 0.3) is 0 Å². The quantitative estimate of drug-likeness (QED) is 0.784. The van der Waals surface area contributed by atoms with Crippen molar-refractivity contribution in [2.75, 3.05) is 32.4 Å². The number of rotatable bonds is 5. The first-order valence-corrected chi connectivity index (χ1v) is 9.23. The van der Waals surface area contributed by atoms with Gasteiger partial charge in [-0.15, -0.1) is 12.4 Å². The molecule has 0 aromatic rings. The predicted molar refractivity (Wildman–Crippen MR) is 93.6 cm³/mol. The van der Waals surface area contributed by atoms with E-state index in [9.17, 15) is 9.59 Å². The van der Waals surface area contributed by atoms with Gasteiger partial charge in [0.15, 0.2) is 0 Å². The van der Waals surface area contributed by atoms with Crippen LogP contribution in [0.3, 0.4) is 0 Å². The molecule has 0 spiro atoms. The van der Waals surface area contributed by atoms with Crippen molar-refractivity contribution < 1.29 is 9.59 Å². The van der Waals surface area contributed by atoms with Crippen LogP contribution in [-0.2, 0) is 9.59 Å². The van der Waals surface area contributed by atoms with E-state index < -0.39 is 0 Å². The average molecular weight is 350 g/mol. The molecule has 128 valence electrons. The van der Waals surface area contributed by atoms with Crippen molar-refractivity contribution in [3.05, 3.63) is 0 Å². The molecule has 2 fully saturated rings. The van der Waals surface area contributed by atoms with Crippen LogP contribution >= 0.6 is 24.2 Å². The molecule has 3 atom stereocenters. The maximum atomic E-state index is 12.2. The largest absolute Gasteiger partial charge is 0.354 e. The highest BCUT2D eigenvalue weighted by atomic mass is 35.5. The maximum Gasteiger partial charge on any atom is 0.237 e. The van der Waals surface area contributed by atoms with Crippen molar-refractivity contribution in [1.29, 1.82) is 0 Å². The summed E-state index contributed by atoms with van der Waals surface area (Å²) in [5, 5.41) is 6.30. The fourth-order valence-corrected chi connectivity index (χ4v) is 3.42. The molecule has 0 saturated carbocycles. The van der Waals surface area contributed by atoms with Crippen LogP contribution in [-0.4, -0.2) is 60.4 Å². The van der Waals surface area contributed by atoms with Gasteiger partial charge in [0.1, 0.15) is 0 Å². The van der Waals surface area contributed by atoms with Gasteiger partial charge in [-0.3, -0.25) is 9.59 Å². The number of amides is 2. The van der Waals surface area contributed by atoms with Crippen LogP contribution in [0.5, 0.6) is 0 Å². The minimum atomic E-state index is -0.0113. The number of thioether (sulfide) groups is 1. The topological polar surface area (TPSA) is 61.4 Å². The van der Waals surface area contributed by atoms with E-state index in [1.165, 1.54) is 0 Å². The molecule has 0 aromatic heterocycles. The van der Waals surface area contributed by atoms with Gasteiger partial charge in [0.2, 0.25) is 11.8 Å². The SMILES string of the molecule is CSC(C)C(=O)N1CCCC(CNC(=O)C2CCCN2)C1.Cl. The lowest BCUT2D eigenvalue weighted by Crippen LogP contribution is -2.48. The molecule has 2 N–H and O–H groups in total. The first kappa shape index (κ1) is 19.6. The van der Waals surface area contributed by atoms with E-state index in [-0.39, 0.29) is 35.5 Å². The molecule has 2 aliphatic rings. The van der Waals surface area contributed by atoms with Crippen molar-refractivity contribution in [3.8, 4) is 0 Å². The van der Waals surface area contributed by atoms with Crippen LogP contribution in [0, 0.1) is 5.92 Å². The first-order chi connectivity index (χ1) is 10.1. The van der Waals surface area contributed by atoms with Gasteiger partial charge in [-0.25, -0.2) is 0 Å². The van der Waals surface area contributed by atoms with Crippen LogP contribution in [0.1, 0.15) is 32.6 Å². The predicted octanol–water partition coefficient (Wildman–Crippen LogP) is 1.27. The molecule has 2 saturated heterocycles. The Bertz CT molecular complexity index is 378. The van der Waals surface area contributed by atoms with Gasteiger partial charge in [0, 0.05) is 19.6 Å². The molecule has 22 heavy (non-hydrogen) atoms. The normalized spacial score (nSPS) is 26.2. The number of nitrogens with zero attached hydrogens (tertiary/aromatic N) is 1. The molecule has 2 amide bonds. The summed E-state index contributed by atoms with van der Waals surface area (Å²) in [6, 6.07) is -0.0113. The number of likely N-dealkylation sites (tertiary alicyclic amines) is 1. The lowest BCUT2D eigenvalue weighted by atomic mass is 9.97. The zero-order chi connectivity index (χ0) is 15.2. The van der Waals surface area contributed by atoms with E-state index >= 15 is 0 Å². The van der Waals surface area contributed by atoms with Crippen LogP contribution < -0.4 is 10.6 Å². The number of nitrogens with one attached hydrogen (secondary N) is 2. The molecule has 0 radical (unpaired) electrons. The van der Waals surface area contributed by atoms with E-state index in [1.54, 1.807) is 11.8 Å². The summed E-state index contributed by atoms with van der Waals surface area (Å²) >= 11 is 1.59. The molecule has 2 aliphatic heterocycles. The number of hydrogen-bond donors (Lipinski definition) is 2. The number of piperidine rings is 1. The van der Waals surface area contributed by atoms with Crippen molar-refractivity contribution in [2.45, 2.75) is 43.9 Å². The summed E-state index contributed by atoms with van der Waals surface area (Å²) in [5.41, 5.74) is 0. The van der Waals surface area contributed by atoms with Gasteiger partial charge in [-0.2, -0.15) is 11.8 Å². The van der Waals surface area contributed by atoms with E-state index in [1.807, 2.05) is 18.1 Å². The highest BCUT2D eigenvalue weighted by Crippen LogP contribution is 2.19. The Labute approximate surface area is 143 Å². The number of carbonyl (C=O) groups is 2. The fourth-order valence-electron chi connectivity index (χ4n) is 3.07. The minimum Gasteiger partial charge on any atom is -0.354 e. The van der Waals surface area contributed by atoms with Gasteiger partial charge in [0.25, 0.3) is 0 Å². The van der Waals surface area contributed by atoms with Crippen molar-refractivity contribution >= 4 is 36.0 Å². The lowest BCUT2D eigenvalue weighted by Gasteiger charge is -2.34. The lowest BCUT2D eigenvalue weighted by molar-refractivity contribution is -0.132. The Hall–Kier alpha value is -0.460. The Balaban J connectivity index is 0.00000242. The van der Waals surface area contributed by atoms with Gasteiger partial charge in [0.05, 0.1) is 11.3 Å². The Morgan fingerprint density at radius 2 is 2.14 bits per heavy atom. The van der Waals surface area contributed by atoms with Crippen molar-refractivity contribution in [1.82, 2.24) is 15.5 Å². The second-order valence-electron chi connectivity index (χ2n) is 6.06. The number of halogens is 1. The highest BCUT2D eigenvalue weighted by molar-refractivity contribution is 7.99. The fraction of sp³-hybridized carbons (Fsp3) is 0.867. The van der Waals surface area contributed by atoms with E-state index in [0.717, 1.165) is 45.3 Å². The summed E-state index contributed by atoms with van der Waals surface area (Å²) < 4.78 is 0. The molecule has 3 unspecified atom stereocenters. The highest BCUT2D eigenvalue weighted by Gasteiger charge is 2.27. The summed E-state index contributed by atoms with van der Waals surface area (Å²) in [4.78, 5) is 26.2. The van der Waals surface area contributed by atoms with Gasteiger partial charge in [-0.1, -0.05) is 0 Å². The standard InChI is InChI=1S/C15H27N3O2S.ClH/c1-11(21-2)15(20)18-8-4-5-12(10-18)9-17-14(19)13-6-3-7-16-13;/h11-13,16H,3-10H2,1-2H3,(H,17,19);1H. The second-order valence-corrected chi connectivity index (χ2v) is 7.24. The molecule has 2 rings (SSSR count). The zero-order valence-corrected chi connectivity index (χ0v) is 15.1. The minimum absolute atomic E-state index is 0. The van der Waals surface area contributed by atoms with Crippen LogP contribution in [0.4, 0.5) is 0 Å².